The van der Waals surface area contributed by atoms with E-state index in [2.05, 4.69) is 64.7 Å². The van der Waals surface area contributed by atoms with Crippen LogP contribution in [0.15, 0.2) is 53.5 Å². The summed E-state index contributed by atoms with van der Waals surface area (Å²) >= 11 is 0. The largest absolute Gasteiger partial charge is 0.493 e. The zero-order valence-corrected chi connectivity index (χ0v) is 14.5. The molecule has 0 aromatic heterocycles. The van der Waals surface area contributed by atoms with Gasteiger partial charge in [-0.3, -0.25) is 4.99 Å². The lowest BCUT2D eigenvalue weighted by atomic mass is 10.1. The van der Waals surface area contributed by atoms with Gasteiger partial charge in [0.1, 0.15) is 5.75 Å². The normalized spacial score (nSPS) is 13.3. The first kappa shape index (κ1) is 16.4. The van der Waals surface area contributed by atoms with Crippen LogP contribution >= 0.6 is 0 Å². The Morgan fingerprint density at radius 1 is 1.17 bits per heavy atom. The van der Waals surface area contributed by atoms with Crippen molar-refractivity contribution in [2.24, 2.45) is 4.99 Å². The van der Waals surface area contributed by atoms with E-state index in [9.17, 15) is 0 Å². The number of rotatable bonds is 5. The highest BCUT2D eigenvalue weighted by Gasteiger charge is 2.12. The molecule has 1 aliphatic rings. The van der Waals surface area contributed by atoms with Gasteiger partial charge in [-0.05, 0) is 29.2 Å². The molecular weight excluding hydrogens is 298 g/mol. The lowest BCUT2D eigenvalue weighted by Gasteiger charge is -2.22. The van der Waals surface area contributed by atoms with Gasteiger partial charge in [0.25, 0.3) is 0 Å². The molecule has 24 heavy (non-hydrogen) atoms. The van der Waals surface area contributed by atoms with Gasteiger partial charge in [0.15, 0.2) is 5.96 Å². The van der Waals surface area contributed by atoms with Crippen LogP contribution in [0.25, 0.3) is 0 Å². The number of hydrogen-bond acceptors (Lipinski definition) is 2. The molecule has 0 fully saturated rings. The molecule has 0 saturated carbocycles. The van der Waals surface area contributed by atoms with E-state index < -0.39 is 0 Å². The van der Waals surface area contributed by atoms with Crippen LogP contribution in [0.2, 0.25) is 0 Å². The minimum atomic E-state index is 0.813. The topological polar surface area (TPSA) is 36.9 Å². The summed E-state index contributed by atoms with van der Waals surface area (Å²) in [6, 6.07) is 17.0. The molecule has 0 aliphatic carbocycles. The highest BCUT2D eigenvalue weighted by Crippen LogP contribution is 2.25. The third kappa shape index (κ3) is 4.07. The molecule has 0 atom stereocenters. The smallest absolute Gasteiger partial charge is 0.193 e. The molecule has 0 radical (unpaired) electrons. The molecule has 1 aliphatic heterocycles. The number of aliphatic imine (C=N–C) groups is 1. The Morgan fingerprint density at radius 2 is 2.00 bits per heavy atom. The fourth-order valence-electron chi connectivity index (χ4n) is 3.03. The first-order valence-electron chi connectivity index (χ1n) is 8.46. The van der Waals surface area contributed by atoms with Gasteiger partial charge in [0.2, 0.25) is 0 Å². The van der Waals surface area contributed by atoms with Gasteiger partial charge in [0, 0.05) is 33.6 Å². The Hall–Kier alpha value is -2.49. The SMILES string of the molecule is CN=C(NCCc1ccc2c(c1)CCO2)N(C)Cc1ccccc1. The van der Waals surface area contributed by atoms with Crippen molar-refractivity contribution in [1.82, 2.24) is 10.2 Å². The molecule has 0 spiro atoms. The third-order valence-electron chi connectivity index (χ3n) is 4.29. The Labute approximate surface area is 144 Å². The monoisotopic (exact) mass is 323 g/mol. The van der Waals surface area contributed by atoms with Crippen molar-refractivity contribution in [3.05, 3.63) is 65.2 Å². The van der Waals surface area contributed by atoms with E-state index >= 15 is 0 Å². The van der Waals surface area contributed by atoms with Gasteiger partial charge >= 0.3 is 0 Å². The Balaban J connectivity index is 1.51. The Bertz CT molecular complexity index is 697. The first-order valence-corrected chi connectivity index (χ1v) is 8.46. The zero-order chi connectivity index (χ0) is 16.8. The van der Waals surface area contributed by atoms with E-state index in [1.807, 2.05) is 13.1 Å². The minimum absolute atomic E-state index is 0.813. The number of benzene rings is 2. The lowest BCUT2D eigenvalue weighted by Crippen LogP contribution is -2.39. The van der Waals surface area contributed by atoms with E-state index in [1.165, 1.54) is 16.7 Å². The lowest BCUT2D eigenvalue weighted by molar-refractivity contribution is 0.357. The van der Waals surface area contributed by atoms with Gasteiger partial charge in [-0.15, -0.1) is 0 Å². The predicted molar refractivity (Wildman–Crippen MR) is 98.6 cm³/mol. The number of hydrogen-bond donors (Lipinski definition) is 1. The van der Waals surface area contributed by atoms with Gasteiger partial charge < -0.3 is 15.0 Å². The van der Waals surface area contributed by atoms with Crippen molar-refractivity contribution in [1.29, 1.82) is 0 Å². The maximum absolute atomic E-state index is 5.56. The predicted octanol–water partition coefficient (Wildman–Crippen LogP) is 2.87. The minimum Gasteiger partial charge on any atom is -0.493 e. The van der Waals surface area contributed by atoms with Crippen LogP contribution in [0.5, 0.6) is 5.75 Å². The van der Waals surface area contributed by atoms with Crippen LogP contribution in [0.1, 0.15) is 16.7 Å². The summed E-state index contributed by atoms with van der Waals surface area (Å²) in [6.07, 6.45) is 2.00. The van der Waals surface area contributed by atoms with Crippen LogP contribution in [0.4, 0.5) is 0 Å². The van der Waals surface area contributed by atoms with Crippen molar-refractivity contribution < 1.29 is 4.74 Å². The third-order valence-corrected chi connectivity index (χ3v) is 4.29. The molecule has 4 heteroatoms. The van der Waals surface area contributed by atoms with Crippen LogP contribution in [-0.2, 0) is 19.4 Å². The van der Waals surface area contributed by atoms with Crippen LogP contribution in [0.3, 0.4) is 0 Å². The molecule has 3 rings (SSSR count). The van der Waals surface area contributed by atoms with E-state index in [-0.39, 0.29) is 0 Å². The Morgan fingerprint density at radius 3 is 2.79 bits per heavy atom. The maximum atomic E-state index is 5.56. The zero-order valence-electron chi connectivity index (χ0n) is 14.5. The summed E-state index contributed by atoms with van der Waals surface area (Å²) in [5.74, 6) is 1.97. The van der Waals surface area contributed by atoms with Crippen LogP contribution < -0.4 is 10.1 Å². The molecule has 126 valence electrons. The van der Waals surface area contributed by atoms with E-state index in [0.717, 1.165) is 44.2 Å². The number of guanidine groups is 1. The molecule has 0 unspecified atom stereocenters. The fraction of sp³-hybridized carbons (Fsp3) is 0.350. The molecule has 0 amide bonds. The van der Waals surface area contributed by atoms with Crippen LogP contribution in [-0.4, -0.2) is 38.1 Å². The number of nitrogens with one attached hydrogen (secondary N) is 1. The summed E-state index contributed by atoms with van der Waals surface area (Å²) in [5, 5.41) is 3.45. The average Bonchev–Trinajstić information content (AvgIpc) is 3.07. The number of ether oxygens (including phenoxy) is 1. The summed E-state index contributed by atoms with van der Waals surface area (Å²) in [6.45, 7) is 2.52. The van der Waals surface area contributed by atoms with Crippen molar-refractivity contribution in [3.8, 4) is 5.75 Å². The molecule has 2 aromatic carbocycles. The summed E-state index contributed by atoms with van der Waals surface area (Å²) in [7, 11) is 3.89. The number of nitrogens with zero attached hydrogens (tertiary/aromatic N) is 2. The van der Waals surface area contributed by atoms with Crippen molar-refractivity contribution in [2.75, 3.05) is 27.2 Å². The van der Waals surface area contributed by atoms with Gasteiger partial charge in [-0.1, -0.05) is 42.5 Å². The molecule has 4 nitrogen and oxygen atoms in total. The van der Waals surface area contributed by atoms with Gasteiger partial charge in [-0.25, -0.2) is 0 Å². The van der Waals surface area contributed by atoms with Crippen molar-refractivity contribution in [3.63, 3.8) is 0 Å². The highest BCUT2D eigenvalue weighted by molar-refractivity contribution is 5.79. The van der Waals surface area contributed by atoms with Gasteiger partial charge in [-0.2, -0.15) is 0 Å². The van der Waals surface area contributed by atoms with Crippen molar-refractivity contribution in [2.45, 2.75) is 19.4 Å². The summed E-state index contributed by atoms with van der Waals surface area (Å²) in [4.78, 5) is 6.53. The first-order chi connectivity index (χ1) is 11.8. The van der Waals surface area contributed by atoms with Crippen LogP contribution in [0, 0.1) is 0 Å². The van der Waals surface area contributed by atoms with E-state index in [0.29, 0.717) is 0 Å². The van der Waals surface area contributed by atoms with E-state index in [1.54, 1.807) is 0 Å². The molecule has 0 saturated heterocycles. The molecule has 1 heterocycles. The second kappa shape index (κ2) is 7.86. The van der Waals surface area contributed by atoms with E-state index in [4.69, 9.17) is 4.74 Å². The number of fused-ring (bicyclic) bond motifs is 1. The summed E-state index contributed by atoms with van der Waals surface area (Å²) < 4.78 is 5.56. The highest BCUT2D eigenvalue weighted by atomic mass is 16.5. The molecule has 1 N–H and O–H groups in total. The standard InChI is InChI=1S/C20H25N3O/c1-21-20(23(2)15-17-6-4-3-5-7-17)22-12-10-16-8-9-19-18(14-16)11-13-24-19/h3-9,14H,10-13,15H2,1-2H3,(H,21,22). The second-order valence-electron chi connectivity index (χ2n) is 6.11. The quantitative estimate of drug-likeness (QED) is 0.679. The fourth-order valence-corrected chi connectivity index (χ4v) is 3.03. The van der Waals surface area contributed by atoms with Crippen molar-refractivity contribution >= 4 is 5.96 Å². The Kier molecular flexibility index (Phi) is 5.36. The summed E-state index contributed by atoms with van der Waals surface area (Å²) in [5.41, 5.74) is 3.95. The average molecular weight is 323 g/mol. The second-order valence-corrected chi connectivity index (χ2v) is 6.11. The van der Waals surface area contributed by atoms with Gasteiger partial charge in [0.05, 0.1) is 6.61 Å². The maximum Gasteiger partial charge on any atom is 0.193 e. The molecule has 0 bridgehead atoms. The molecule has 2 aromatic rings. The molecular formula is C20H25N3O.